The number of carbonyl (C=O) groups excluding carboxylic acids is 1. The Morgan fingerprint density at radius 2 is 1.88 bits per heavy atom. The summed E-state index contributed by atoms with van der Waals surface area (Å²) in [4.78, 5) is 12.4. The summed E-state index contributed by atoms with van der Waals surface area (Å²) >= 11 is 0. The number of carbonyl (C=O) groups is 1. The molecule has 0 aromatic heterocycles. The zero-order chi connectivity index (χ0) is 17.7. The maximum Gasteiger partial charge on any atom is 0.243 e. The molecule has 0 aliphatic carbocycles. The predicted octanol–water partition coefficient (Wildman–Crippen LogP) is 0.981. The lowest BCUT2D eigenvalue weighted by atomic mass is 9.97. The number of amides is 1. The smallest absolute Gasteiger partial charge is 0.243 e. The molecule has 9 heteroatoms. The number of nitrogens with zero attached hydrogens (tertiary/aromatic N) is 1. The van der Waals surface area contributed by atoms with Gasteiger partial charge in [0.25, 0.3) is 0 Å². The van der Waals surface area contributed by atoms with Crippen LogP contribution in [0, 0.1) is 5.92 Å². The maximum absolute atomic E-state index is 12.7. The molecule has 0 saturated carbocycles. The van der Waals surface area contributed by atoms with Crippen molar-refractivity contribution in [2.24, 2.45) is 11.7 Å². The quantitative estimate of drug-likeness (QED) is 0.752. The lowest BCUT2D eigenvalue weighted by Crippen LogP contribution is -2.46. The molecule has 1 aromatic rings. The maximum atomic E-state index is 12.7. The van der Waals surface area contributed by atoms with Crippen LogP contribution in [0.4, 0.5) is 0 Å². The molecule has 1 aliphatic rings. The second-order valence-corrected chi connectivity index (χ2v) is 7.94. The first-order valence-corrected chi connectivity index (χ1v) is 9.47. The topological polar surface area (TPSA) is 102 Å². The van der Waals surface area contributed by atoms with Gasteiger partial charge in [0.1, 0.15) is 5.75 Å². The van der Waals surface area contributed by atoms with E-state index >= 15 is 0 Å². The third-order valence-electron chi connectivity index (χ3n) is 4.26. The van der Waals surface area contributed by atoms with Crippen molar-refractivity contribution in [3.63, 3.8) is 0 Å². The minimum absolute atomic E-state index is 0. The van der Waals surface area contributed by atoms with Gasteiger partial charge in [-0.15, -0.1) is 12.4 Å². The van der Waals surface area contributed by atoms with Crippen LogP contribution in [-0.2, 0) is 14.8 Å². The summed E-state index contributed by atoms with van der Waals surface area (Å²) in [6.45, 7) is 2.91. The molecule has 142 valence electrons. The summed E-state index contributed by atoms with van der Waals surface area (Å²) in [6, 6.07) is 6.26. The Balaban J connectivity index is 0.00000312. The highest BCUT2D eigenvalue weighted by Crippen LogP contribution is 2.25. The SMILES string of the molecule is COc1ccc(S(=O)(=O)N2CCC(C(=O)N[C@@H](C)CN)CC2)cc1.Cl. The standard InChI is InChI=1S/C16H25N3O4S.ClH/c1-12(11-17)18-16(20)13-7-9-19(10-8-13)24(21,22)15-5-3-14(23-2)4-6-15;/h3-6,12-13H,7-11,17H2,1-2H3,(H,18,20);1H/t12-;/m0./s1. The van der Waals surface area contributed by atoms with Crippen LogP contribution in [0.2, 0.25) is 0 Å². The van der Waals surface area contributed by atoms with E-state index in [-0.39, 0.29) is 35.2 Å². The van der Waals surface area contributed by atoms with Gasteiger partial charge in [-0.3, -0.25) is 4.79 Å². The number of benzene rings is 1. The van der Waals surface area contributed by atoms with Gasteiger partial charge in [0.2, 0.25) is 15.9 Å². The molecule has 1 heterocycles. The Hall–Kier alpha value is -1.35. The Kier molecular flexibility index (Phi) is 8.14. The molecular weight excluding hydrogens is 366 g/mol. The van der Waals surface area contributed by atoms with Crippen molar-refractivity contribution < 1.29 is 17.9 Å². The summed E-state index contributed by atoms with van der Waals surface area (Å²) in [5.74, 6) is 0.397. The predicted molar refractivity (Wildman–Crippen MR) is 98.4 cm³/mol. The van der Waals surface area contributed by atoms with Gasteiger partial charge in [-0.25, -0.2) is 8.42 Å². The Labute approximate surface area is 155 Å². The minimum Gasteiger partial charge on any atom is -0.497 e. The summed E-state index contributed by atoms with van der Waals surface area (Å²) in [6.07, 6.45) is 1.02. The van der Waals surface area contributed by atoms with Crippen LogP contribution in [-0.4, -0.2) is 51.4 Å². The molecule has 0 spiro atoms. The van der Waals surface area contributed by atoms with E-state index in [0.717, 1.165) is 0 Å². The number of nitrogens with two attached hydrogens (primary N) is 1. The molecule has 0 radical (unpaired) electrons. The molecule has 3 N–H and O–H groups in total. The Bertz CT molecular complexity index is 658. The molecule has 0 bridgehead atoms. The fourth-order valence-corrected chi connectivity index (χ4v) is 4.14. The molecule has 1 aromatic carbocycles. The first-order chi connectivity index (χ1) is 11.4. The number of sulfonamides is 1. The van der Waals surface area contributed by atoms with E-state index in [4.69, 9.17) is 10.5 Å². The van der Waals surface area contributed by atoms with Crippen LogP contribution in [0.15, 0.2) is 29.2 Å². The molecule has 2 rings (SSSR count). The van der Waals surface area contributed by atoms with E-state index < -0.39 is 10.0 Å². The van der Waals surface area contributed by atoms with Crippen molar-refractivity contribution >= 4 is 28.3 Å². The molecule has 1 atom stereocenters. The zero-order valence-electron chi connectivity index (χ0n) is 14.5. The summed E-state index contributed by atoms with van der Waals surface area (Å²) < 4.78 is 31.8. The van der Waals surface area contributed by atoms with Gasteiger partial charge < -0.3 is 15.8 Å². The van der Waals surface area contributed by atoms with Crippen LogP contribution < -0.4 is 15.8 Å². The number of methoxy groups -OCH3 is 1. The fourth-order valence-electron chi connectivity index (χ4n) is 2.67. The van der Waals surface area contributed by atoms with Gasteiger partial charge in [-0.05, 0) is 44.0 Å². The van der Waals surface area contributed by atoms with E-state index in [1.165, 1.54) is 23.5 Å². The van der Waals surface area contributed by atoms with E-state index in [0.29, 0.717) is 38.2 Å². The van der Waals surface area contributed by atoms with E-state index in [9.17, 15) is 13.2 Å². The van der Waals surface area contributed by atoms with Crippen LogP contribution in [0.25, 0.3) is 0 Å². The molecule has 1 fully saturated rings. The number of halogens is 1. The lowest BCUT2D eigenvalue weighted by Gasteiger charge is -2.31. The van der Waals surface area contributed by atoms with Gasteiger partial charge in [0.05, 0.1) is 12.0 Å². The van der Waals surface area contributed by atoms with Crippen LogP contribution in [0.1, 0.15) is 19.8 Å². The van der Waals surface area contributed by atoms with E-state index in [1.54, 1.807) is 12.1 Å². The van der Waals surface area contributed by atoms with E-state index in [2.05, 4.69) is 5.32 Å². The van der Waals surface area contributed by atoms with Gasteiger partial charge in [0, 0.05) is 31.6 Å². The third-order valence-corrected chi connectivity index (χ3v) is 6.18. The highest BCUT2D eigenvalue weighted by atomic mass is 35.5. The molecule has 1 aliphatic heterocycles. The van der Waals surface area contributed by atoms with Crippen LogP contribution in [0.5, 0.6) is 5.75 Å². The molecule has 25 heavy (non-hydrogen) atoms. The normalized spacial score (nSPS) is 17.4. The van der Waals surface area contributed by atoms with Crippen molar-refractivity contribution in [1.29, 1.82) is 0 Å². The second kappa shape index (κ2) is 9.38. The van der Waals surface area contributed by atoms with Crippen molar-refractivity contribution in [1.82, 2.24) is 9.62 Å². The second-order valence-electron chi connectivity index (χ2n) is 6.00. The highest BCUT2D eigenvalue weighted by molar-refractivity contribution is 7.89. The summed E-state index contributed by atoms with van der Waals surface area (Å²) in [5, 5.41) is 2.85. The first kappa shape index (κ1) is 21.7. The number of nitrogens with one attached hydrogen (secondary N) is 1. The Morgan fingerprint density at radius 3 is 2.36 bits per heavy atom. The number of ether oxygens (including phenoxy) is 1. The van der Waals surface area contributed by atoms with Crippen molar-refractivity contribution in [2.45, 2.75) is 30.7 Å². The summed E-state index contributed by atoms with van der Waals surface area (Å²) in [5.41, 5.74) is 5.50. The number of piperidine rings is 1. The van der Waals surface area contributed by atoms with Gasteiger partial charge >= 0.3 is 0 Å². The molecule has 0 unspecified atom stereocenters. The average molecular weight is 392 g/mol. The van der Waals surface area contributed by atoms with Crippen LogP contribution >= 0.6 is 12.4 Å². The fraction of sp³-hybridized carbons (Fsp3) is 0.562. The van der Waals surface area contributed by atoms with Gasteiger partial charge in [-0.1, -0.05) is 0 Å². The van der Waals surface area contributed by atoms with E-state index in [1.807, 2.05) is 6.92 Å². The van der Waals surface area contributed by atoms with Gasteiger partial charge in [-0.2, -0.15) is 4.31 Å². The first-order valence-electron chi connectivity index (χ1n) is 8.03. The molecule has 1 amide bonds. The number of hydrogen-bond acceptors (Lipinski definition) is 5. The van der Waals surface area contributed by atoms with Crippen molar-refractivity contribution in [3.8, 4) is 5.75 Å². The van der Waals surface area contributed by atoms with Gasteiger partial charge in [0.15, 0.2) is 0 Å². The highest BCUT2D eigenvalue weighted by Gasteiger charge is 2.32. The Morgan fingerprint density at radius 1 is 1.32 bits per heavy atom. The average Bonchev–Trinajstić information content (AvgIpc) is 2.61. The molecule has 1 saturated heterocycles. The van der Waals surface area contributed by atoms with Crippen molar-refractivity contribution in [2.75, 3.05) is 26.7 Å². The minimum atomic E-state index is -3.54. The molecular formula is C16H26ClN3O4S. The summed E-state index contributed by atoms with van der Waals surface area (Å²) in [7, 11) is -2.01. The third kappa shape index (κ3) is 5.31. The van der Waals surface area contributed by atoms with Crippen LogP contribution in [0.3, 0.4) is 0 Å². The lowest BCUT2D eigenvalue weighted by molar-refractivity contribution is -0.126. The number of rotatable bonds is 6. The van der Waals surface area contributed by atoms with Crippen molar-refractivity contribution in [3.05, 3.63) is 24.3 Å². The monoisotopic (exact) mass is 391 g/mol. The molecule has 7 nitrogen and oxygen atoms in total. The number of hydrogen-bond donors (Lipinski definition) is 2. The zero-order valence-corrected chi connectivity index (χ0v) is 16.1. The largest absolute Gasteiger partial charge is 0.497 e.